The number of carbonyl (C=O) groups excluding carboxylic acids is 1. The first kappa shape index (κ1) is 18.2. The normalized spacial score (nSPS) is 16.5. The number of hydrogen-bond acceptors (Lipinski definition) is 6. The lowest BCUT2D eigenvalue weighted by atomic mass is 10.2. The van der Waals surface area contributed by atoms with Crippen LogP contribution in [0, 0.1) is 11.3 Å². The molecule has 24 heavy (non-hydrogen) atoms. The molecule has 1 fully saturated rings. The van der Waals surface area contributed by atoms with Crippen molar-refractivity contribution in [1.82, 2.24) is 15.2 Å². The molecule has 1 aromatic heterocycles. The average Bonchev–Trinajstić information content (AvgIpc) is 2.64. The molecule has 130 valence electrons. The van der Waals surface area contributed by atoms with Gasteiger partial charge < -0.3 is 15.0 Å². The van der Waals surface area contributed by atoms with Crippen LogP contribution in [0.5, 0.6) is 0 Å². The predicted octanol–water partition coefficient (Wildman–Crippen LogP) is 0.616. The summed E-state index contributed by atoms with van der Waals surface area (Å²) in [6.45, 7) is 6.28. The lowest BCUT2D eigenvalue weighted by Crippen LogP contribution is -2.54. The van der Waals surface area contributed by atoms with Gasteiger partial charge in [-0.3, -0.25) is 9.69 Å². The van der Waals surface area contributed by atoms with Crippen molar-refractivity contribution in [3.05, 3.63) is 23.9 Å². The number of methoxy groups -OCH3 is 1. The maximum atomic E-state index is 12.2. The van der Waals surface area contributed by atoms with Crippen molar-refractivity contribution in [1.29, 1.82) is 5.26 Å². The minimum atomic E-state index is -0.158. The second-order valence-corrected chi connectivity index (χ2v) is 5.82. The largest absolute Gasteiger partial charge is 0.385 e. The Labute approximate surface area is 143 Å². The van der Waals surface area contributed by atoms with Gasteiger partial charge in [-0.05, 0) is 25.5 Å². The third-order valence-corrected chi connectivity index (χ3v) is 4.27. The summed E-state index contributed by atoms with van der Waals surface area (Å²) in [4.78, 5) is 20.8. The van der Waals surface area contributed by atoms with Gasteiger partial charge in [0.2, 0.25) is 5.91 Å². The Morgan fingerprint density at radius 1 is 1.46 bits per heavy atom. The number of nitriles is 1. The Morgan fingerprint density at radius 2 is 2.21 bits per heavy atom. The molecule has 1 aromatic rings. The third kappa shape index (κ3) is 4.66. The molecule has 1 atom stereocenters. The van der Waals surface area contributed by atoms with Crippen LogP contribution < -0.4 is 10.2 Å². The summed E-state index contributed by atoms with van der Waals surface area (Å²) in [5.41, 5.74) is 0.592. The molecule has 1 aliphatic heterocycles. The van der Waals surface area contributed by atoms with Crippen molar-refractivity contribution >= 4 is 11.7 Å². The van der Waals surface area contributed by atoms with Gasteiger partial charge in [-0.2, -0.15) is 5.26 Å². The number of piperazine rings is 1. The zero-order valence-electron chi connectivity index (χ0n) is 14.4. The fourth-order valence-electron chi connectivity index (χ4n) is 2.80. The molecule has 7 nitrogen and oxygen atoms in total. The quantitative estimate of drug-likeness (QED) is 0.738. The average molecular weight is 331 g/mol. The Hall–Kier alpha value is -2.17. The monoisotopic (exact) mass is 331 g/mol. The SMILES string of the molecule is COCCCNC(=O)C(C)N1CCN(c2ncccc2C#N)CC1. The van der Waals surface area contributed by atoms with E-state index in [1.807, 2.05) is 6.92 Å². The molecule has 0 bridgehead atoms. The summed E-state index contributed by atoms with van der Waals surface area (Å²) >= 11 is 0. The van der Waals surface area contributed by atoms with Crippen LogP contribution in [-0.4, -0.2) is 68.3 Å². The number of aromatic nitrogens is 1. The van der Waals surface area contributed by atoms with Crippen LogP contribution in [0.2, 0.25) is 0 Å². The van der Waals surface area contributed by atoms with Crippen LogP contribution in [0.1, 0.15) is 18.9 Å². The van der Waals surface area contributed by atoms with Gasteiger partial charge in [0.15, 0.2) is 0 Å². The van der Waals surface area contributed by atoms with Crippen LogP contribution in [0.15, 0.2) is 18.3 Å². The van der Waals surface area contributed by atoms with Gasteiger partial charge in [0.05, 0.1) is 11.6 Å². The van der Waals surface area contributed by atoms with Crippen molar-refractivity contribution in [2.75, 3.05) is 51.3 Å². The first-order valence-electron chi connectivity index (χ1n) is 8.28. The molecule has 7 heteroatoms. The number of nitrogens with zero attached hydrogens (tertiary/aromatic N) is 4. The van der Waals surface area contributed by atoms with E-state index in [0.29, 0.717) is 18.7 Å². The smallest absolute Gasteiger partial charge is 0.237 e. The molecule has 2 heterocycles. The van der Waals surface area contributed by atoms with Crippen LogP contribution in [0.25, 0.3) is 0 Å². The van der Waals surface area contributed by atoms with Crippen LogP contribution >= 0.6 is 0 Å². The zero-order valence-corrected chi connectivity index (χ0v) is 14.4. The fourth-order valence-corrected chi connectivity index (χ4v) is 2.80. The molecule has 1 amide bonds. The van der Waals surface area contributed by atoms with Crippen LogP contribution in [-0.2, 0) is 9.53 Å². The van der Waals surface area contributed by atoms with E-state index in [9.17, 15) is 10.1 Å². The Kier molecular flexibility index (Phi) is 6.97. The van der Waals surface area contributed by atoms with Crippen molar-refractivity contribution in [3.63, 3.8) is 0 Å². The third-order valence-electron chi connectivity index (χ3n) is 4.27. The highest BCUT2D eigenvalue weighted by Crippen LogP contribution is 2.18. The highest BCUT2D eigenvalue weighted by Gasteiger charge is 2.26. The van der Waals surface area contributed by atoms with Gasteiger partial charge >= 0.3 is 0 Å². The summed E-state index contributed by atoms with van der Waals surface area (Å²) in [5.74, 6) is 0.784. The van der Waals surface area contributed by atoms with E-state index < -0.39 is 0 Å². The summed E-state index contributed by atoms with van der Waals surface area (Å²) in [6.07, 6.45) is 2.53. The number of ether oxygens (including phenoxy) is 1. The van der Waals surface area contributed by atoms with Gasteiger partial charge in [-0.15, -0.1) is 0 Å². The topological polar surface area (TPSA) is 81.5 Å². The summed E-state index contributed by atoms with van der Waals surface area (Å²) in [5, 5.41) is 12.1. The predicted molar refractivity (Wildman–Crippen MR) is 91.7 cm³/mol. The van der Waals surface area contributed by atoms with E-state index >= 15 is 0 Å². The molecule has 0 aromatic carbocycles. The molecule has 0 aliphatic carbocycles. The lowest BCUT2D eigenvalue weighted by Gasteiger charge is -2.38. The van der Waals surface area contributed by atoms with Gasteiger partial charge in [0, 0.05) is 52.6 Å². The number of carbonyl (C=O) groups is 1. The highest BCUT2D eigenvalue weighted by molar-refractivity contribution is 5.81. The van der Waals surface area contributed by atoms with Crippen LogP contribution in [0.4, 0.5) is 5.82 Å². The summed E-state index contributed by atoms with van der Waals surface area (Å²) in [7, 11) is 1.66. The van der Waals surface area contributed by atoms with E-state index in [2.05, 4.69) is 26.2 Å². The number of amides is 1. The molecule has 1 aliphatic rings. The van der Waals surface area contributed by atoms with E-state index in [1.54, 1.807) is 25.4 Å². The second-order valence-electron chi connectivity index (χ2n) is 5.82. The molecule has 0 spiro atoms. The van der Waals surface area contributed by atoms with Gasteiger partial charge in [0.1, 0.15) is 11.9 Å². The van der Waals surface area contributed by atoms with E-state index in [4.69, 9.17) is 4.74 Å². The van der Waals surface area contributed by atoms with Crippen molar-refractivity contribution < 1.29 is 9.53 Å². The van der Waals surface area contributed by atoms with Crippen molar-refractivity contribution in [2.45, 2.75) is 19.4 Å². The fraction of sp³-hybridized carbons (Fsp3) is 0.588. The molecule has 1 saturated heterocycles. The summed E-state index contributed by atoms with van der Waals surface area (Å²) < 4.78 is 4.98. The highest BCUT2D eigenvalue weighted by atomic mass is 16.5. The minimum absolute atomic E-state index is 0.0510. The maximum absolute atomic E-state index is 12.2. The first-order chi connectivity index (χ1) is 11.7. The van der Waals surface area contributed by atoms with E-state index in [-0.39, 0.29) is 11.9 Å². The van der Waals surface area contributed by atoms with E-state index in [1.165, 1.54) is 0 Å². The molecule has 0 radical (unpaired) electrons. The molecule has 1 unspecified atom stereocenters. The van der Waals surface area contributed by atoms with Gasteiger partial charge in [0.25, 0.3) is 0 Å². The summed E-state index contributed by atoms with van der Waals surface area (Å²) in [6, 6.07) is 5.58. The Bertz CT molecular complexity index is 579. The minimum Gasteiger partial charge on any atom is -0.385 e. The Morgan fingerprint density at radius 3 is 2.88 bits per heavy atom. The first-order valence-corrected chi connectivity index (χ1v) is 8.28. The molecular weight excluding hydrogens is 306 g/mol. The molecule has 2 rings (SSSR count). The maximum Gasteiger partial charge on any atom is 0.237 e. The number of rotatable bonds is 7. The van der Waals surface area contributed by atoms with Gasteiger partial charge in [-0.1, -0.05) is 0 Å². The van der Waals surface area contributed by atoms with Crippen molar-refractivity contribution in [2.24, 2.45) is 0 Å². The number of anilines is 1. The van der Waals surface area contributed by atoms with Crippen molar-refractivity contribution in [3.8, 4) is 6.07 Å². The van der Waals surface area contributed by atoms with E-state index in [0.717, 1.165) is 38.4 Å². The standard InChI is InChI=1S/C17H25N5O2/c1-14(17(23)20-7-4-12-24-2)21-8-10-22(11-9-21)16-15(13-18)5-3-6-19-16/h3,5-6,14H,4,7-12H2,1-2H3,(H,20,23). The number of pyridine rings is 1. The molecule has 1 N–H and O–H groups in total. The molecular formula is C17H25N5O2. The van der Waals surface area contributed by atoms with Crippen LogP contribution in [0.3, 0.4) is 0 Å². The Balaban J connectivity index is 1.83. The second kappa shape index (κ2) is 9.21. The molecule has 0 saturated carbocycles. The number of hydrogen-bond donors (Lipinski definition) is 1. The van der Waals surface area contributed by atoms with Gasteiger partial charge in [-0.25, -0.2) is 4.98 Å². The zero-order chi connectivity index (χ0) is 17.4. The number of nitrogens with one attached hydrogen (secondary N) is 1. The lowest BCUT2D eigenvalue weighted by molar-refractivity contribution is -0.126.